The summed E-state index contributed by atoms with van der Waals surface area (Å²) in [4.78, 5) is 28.7. The first-order valence-electron chi connectivity index (χ1n) is 9.11. The van der Waals surface area contributed by atoms with Crippen molar-refractivity contribution in [2.75, 3.05) is 33.7 Å². The lowest BCUT2D eigenvalue weighted by molar-refractivity contribution is -0.126. The van der Waals surface area contributed by atoms with Gasteiger partial charge in [-0.15, -0.1) is 0 Å². The maximum Gasteiger partial charge on any atom is 0.410 e. The van der Waals surface area contributed by atoms with Crippen LogP contribution in [0.3, 0.4) is 0 Å². The van der Waals surface area contributed by atoms with Gasteiger partial charge in [0.2, 0.25) is 5.91 Å². The van der Waals surface area contributed by atoms with E-state index in [9.17, 15) is 9.59 Å². The van der Waals surface area contributed by atoms with E-state index in [0.29, 0.717) is 19.6 Å². The van der Waals surface area contributed by atoms with Gasteiger partial charge in [-0.05, 0) is 70.1 Å². The van der Waals surface area contributed by atoms with Gasteiger partial charge < -0.3 is 19.9 Å². The number of nitrogens with one attached hydrogen (secondary N) is 1. The van der Waals surface area contributed by atoms with Gasteiger partial charge in [0.15, 0.2) is 0 Å². The number of nitrogens with zero attached hydrogens (tertiary/aromatic N) is 2. The molecule has 0 radical (unpaired) electrons. The van der Waals surface area contributed by atoms with Gasteiger partial charge in [0.05, 0.1) is 12.0 Å². The average molecular weight is 382 g/mol. The van der Waals surface area contributed by atoms with E-state index in [1.165, 1.54) is 5.56 Å². The summed E-state index contributed by atoms with van der Waals surface area (Å²) in [5.74, 6) is -0.165. The lowest BCUT2D eigenvalue weighted by Gasteiger charge is -2.34. The third-order valence-corrected chi connectivity index (χ3v) is 5.17. The maximum absolute atomic E-state index is 12.6. The summed E-state index contributed by atoms with van der Waals surface area (Å²) < 4.78 is 5.43. The molecule has 1 aromatic rings. The zero-order chi connectivity index (χ0) is 19.3. The molecule has 1 saturated heterocycles. The maximum atomic E-state index is 12.6. The molecule has 1 N–H and O–H groups in total. The molecule has 0 aliphatic carbocycles. The largest absolute Gasteiger partial charge is 0.444 e. The molecule has 2 amide bonds. The molecule has 1 aliphatic rings. The molecule has 0 saturated carbocycles. The third-order valence-electron chi connectivity index (χ3n) is 4.46. The van der Waals surface area contributed by atoms with Gasteiger partial charge in [0.25, 0.3) is 0 Å². The molecule has 0 aromatic carbocycles. The van der Waals surface area contributed by atoms with Crippen LogP contribution in [0.15, 0.2) is 16.8 Å². The van der Waals surface area contributed by atoms with Crippen LogP contribution in [0.25, 0.3) is 0 Å². The van der Waals surface area contributed by atoms with Gasteiger partial charge in [0, 0.05) is 19.6 Å². The Bertz CT molecular complexity index is 596. The first-order chi connectivity index (χ1) is 12.2. The lowest BCUT2D eigenvalue weighted by atomic mass is 9.97. The Kier molecular flexibility index (Phi) is 7.06. The Balaban J connectivity index is 1.89. The molecular formula is C19H31N3O3S. The molecule has 2 rings (SSSR count). The Morgan fingerprint density at radius 1 is 1.42 bits per heavy atom. The second-order valence-electron chi connectivity index (χ2n) is 8.05. The fraction of sp³-hybridized carbons (Fsp3) is 0.684. The highest BCUT2D eigenvalue weighted by atomic mass is 32.1. The summed E-state index contributed by atoms with van der Waals surface area (Å²) in [6, 6.07) is 2.24. The molecule has 0 bridgehead atoms. The summed E-state index contributed by atoms with van der Waals surface area (Å²) in [5, 5.41) is 7.24. The minimum Gasteiger partial charge on any atom is -0.444 e. The van der Waals surface area contributed by atoms with Crippen LogP contribution in [0.1, 0.15) is 45.2 Å². The lowest BCUT2D eigenvalue weighted by Crippen LogP contribution is -2.47. The van der Waals surface area contributed by atoms with Crippen molar-refractivity contribution < 1.29 is 14.3 Å². The number of carbonyl (C=O) groups excluding carboxylic acids is 2. The number of hydrogen-bond acceptors (Lipinski definition) is 5. The van der Waals surface area contributed by atoms with Crippen molar-refractivity contribution in [1.29, 1.82) is 0 Å². The van der Waals surface area contributed by atoms with Gasteiger partial charge in [0.1, 0.15) is 5.60 Å². The number of amides is 2. The quantitative estimate of drug-likeness (QED) is 0.851. The molecule has 26 heavy (non-hydrogen) atoms. The normalized spacial score (nSPS) is 19.3. The van der Waals surface area contributed by atoms with Gasteiger partial charge in [-0.25, -0.2) is 4.79 Å². The molecule has 0 spiro atoms. The van der Waals surface area contributed by atoms with E-state index in [0.717, 1.165) is 12.8 Å². The van der Waals surface area contributed by atoms with E-state index in [4.69, 9.17) is 4.74 Å². The molecule has 2 heterocycles. The van der Waals surface area contributed by atoms with Crippen LogP contribution in [0.4, 0.5) is 4.79 Å². The van der Waals surface area contributed by atoms with Gasteiger partial charge in [-0.3, -0.25) is 4.79 Å². The smallest absolute Gasteiger partial charge is 0.410 e. The van der Waals surface area contributed by atoms with Crippen LogP contribution in [-0.2, 0) is 9.53 Å². The Morgan fingerprint density at radius 3 is 2.73 bits per heavy atom. The molecule has 1 aliphatic heterocycles. The van der Waals surface area contributed by atoms with Crippen molar-refractivity contribution in [3.05, 3.63) is 22.4 Å². The van der Waals surface area contributed by atoms with E-state index in [2.05, 4.69) is 21.7 Å². The van der Waals surface area contributed by atoms with Crippen LogP contribution in [0.5, 0.6) is 0 Å². The first kappa shape index (κ1) is 20.7. The molecule has 1 aromatic heterocycles. The van der Waals surface area contributed by atoms with Crippen molar-refractivity contribution >= 4 is 23.3 Å². The van der Waals surface area contributed by atoms with Crippen LogP contribution in [0, 0.1) is 5.92 Å². The zero-order valence-corrected chi connectivity index (χ0v) is 17.3. The predicted molar refractivity (Wildman–Crippen MR) is 104 cm³/mol. The minimum atomic E-state index is -0.522. The number of carbonyl (C=O) groups is 2. The van der Waals surface area contributed by atoms with Crippen molar-refractivity contribution in [2.45, 2.75) is 45.3 Å². The number of thiophene rings is 1. The monoisotopic (exact) mass is 381 g/mol. The van der Waals surface area contributed by atoms with E-state index >= 15 is 0 Å². The van der Waals surface area contributed by atoms with Crippen LogP contribution in [-0.4, -0.2) is 61.1 Å². The van der Waals surface area contributed by atoms with Gasteiger partial charge in [-0.1, -0.05) is 0 Å². The molecule has 7 heteroatoms. The topological polar surface area (TPSA) is 61.9 Å². The van der Waals surface area contributed by atoms with Crippen molar-refractivity contribution in [3.8, 4) is 0 Å². The highest BCUT2D eigenvalue weighted by Crippen LogP contribution is 2.22. The molecule has 2 atom stereocenters. The fourth-order valence-corrected chi connectivity index (χ4v) is 3.80. The molecule has 146 valence electrons. The van der Waals surface area contributed by atoms with Crippen molar-refractivity contribution in [1.82, 2.24) is 15.1 Å². The Labute approximate surface area is 160 Å². The van der Waals surface area contributed by atoms with Gasteiger partial charge in [-0.2, -0.15) is 11.3 Å². The summed E-state index contributed by atoms with van der Waals surface area (Å²) in [5.41, 5.74) is 0.686. The van der Waals surface area contributed by atoms with E-state index < -0.39 is 5.60 Å². The van der Waals surface area contributed by atoms with Crippen molar-refractivity contribution in [2.24, 2.45) is 5.92 Å². The number of hydrogen-bond donors (Lipinski definition) is 1. The zero-order valence-electron chi connectivity index (χ0n) is 16.4. The number of piperidine rings is 1. The second-order valence-corrected chi connectivity index (χ2v) is 8.83. The Morgan fingerprint density at radius 2 is 2.15 bits per heavy atom. The number of rotatable bonds is 5. The third kappa shape index (κ3) is 5.99. The number of ether oxygens (including phenoxy) is 1. The standard InChI is InChI=1S/C19H31N3O3S/c1-19(2,3)25-18(24)22-9-6-7-14(12-22)17(23)20-11-16(21(4)5)15-8-10-26-13-15/h8,10,13-14,16H,6-7,9,11-12H2,1-5H3,(H,20,23)/t14-,16-/m1/s1. The van der Waals surface area contributed by atoms with Gasteiger partial charge >= 0.3 is 6.09 Å². The Hall–Kier alpha value is -1.60. The summed E-state index contributed by atoms with van der Waals surface area (Å²) in [6.45, 7) is 7.19. The fourth-order valence-electron chi connectivity index (χ4n) is 3.09. The molecule has 6 nitrogen and oxygen atoms in total. The highest BCUT2D eigenvalue weighted by Gasteiger charge is 2.31. The van der Waals surface area contributed by atoms with Crippen LogP contribution >= 0.6 is 11.3 Å². The van der Waals surface area contributed by atoms with Crippen LogP contribution < -0.4 is 5.32 Å². The summed E-state index contributed by atoms with van der Waals surface area (Å²) in [6.07, 6.45) is 1.29. The number of likely N-dealkylation sites (N-methyl/N-ethyl adjacent to an activating group) is 1. The second kappa shape index (κ2) is 8.86. The van der Waals surface area contributed by atoms with E-state index in [1.54, 1.807) is 16.2 Å². The van der Waals surface area contributed by atoms with E-state index in [-0.39, 0.29) is 24.0 Å². The molecule has 0 unspecified atom stereocenters. The van der Waals surface area contributed by atoms with Crippen molar-refractivity contribution in [3.63, 3.8) is 0 Å². The predicted octanol–water partition coefficient (Wildman–Crippen LogP) is 3.11. The average Bonchev–Trinajstić information content (AvgIpc) is 3.07. The van der Waals surface area contributed by atoms with E-state index in [1.807, 2.05) is 40.2 Å². The first-order valence-corrected chi connectivity index (χ1v) is 10.1. The summed E-state index contributed by atoms with van der Waals surface area (Å²) in [7, 11) is 4.03. The minimum absolute atomic E-state index is 0.0142. The SMILES string of the molecule is CN(C)[C@H](CNC(=O)[C@@H]1CCCN(C(=O)OC(C)(C)C)C1)c1ccsc1. The van der Waals surface area contributed by atoms with Crippen LogP contribution in [0.2, 0.25) is 0 Å². The molecule has 1 fully saturated rings. The summed E-state index contributed by atoms with van der Waals surface area (Å²) >= 11 is 1.66. The highest BCUT2D eigenvalue weighted by molar-refractivity contribution is 7.07. The number of likely N-dealkylation sites (tertiary alicyclic amines) is 1. The molecular weight excluding hydrogens is 350 g/mol.